The number of aromatic nitrogens is 6. The molecule has 0 amide bonds. The molecule has 0 aliphatic heterocycles. The first-order valence-corrected chi connectivity index (χ1v) is 10.1. The minimum Gasteiger partial charge on any atom is -0.312 e. The fourth-order valence-electron chi connectivity index (χ4n) is 4.19. The zero-order chi connectivity index (χ0) is 20.0. The molecule has 8 nitrogen and oxygen atoms in total. The highest BCUT2D eigenvalue weighted by Gasteiger charge is 2.18. The van der Waals surface area contributed by atoms with Crippen LogP contribution in [0.1, 0.15) is 50.9 Å². The fourth-order valence-corrected chi connectivity index (χ4v) is 4.19. The number of nitrogens with one attached hydrogen (secondary N) is 1. The maximum Gasteiger partial charge on any atom is 0.267 e. The van der Waals surface area contributed by atoms with Gasteiger partial charge in [-0.25, -0.2) is 9.55 Å². The van der Waals surface area contributed by atoms with Crippen LogP contribution in [0.2, 0.25) is 0 Å². The third-order valence-corrected chi connectivity index (χ3v) is 5.81. The van der Waals surface area contributed by atoms with E-state index in [0.29, 0.717) is 40.0 Å². The Hall–Kier alpha value is -3.29. The summed E-state index contributed by atoms with van der Waals surface area (Å²) >= 11 is 0. The number of rotatable bonds is 3. The van der Waals surface area contributed by atoms with Gasteiger partial charge in [-0.2, -0.15) is 4.98 Å². The van der Waals surface area contributed by atoms with E-state index >= 15 is 0 Å². The smallest absolute Gasteiger partial charge is 0.267 e. The predicted molar refractivity (Wildman–Crippen MR) is 111 cm³/mol. The largest absolute Gasteiger partial charge is 0.312 e. The summed E-state index contributed by atoms with van der Waals surface area (Å²) in [5, 5.41) is 7.81. The molecule has 1 saturated carbocycles. The summed E-state index contributed by atoms with van der Waals surface area (Å²) < 4.78 is 3.20. The SMILES string of the molecule is CCc1nc(-n2ccc3nc4ccn(C5CCCCC5)c(=O)c4cc3c2=O)n[nH]1. The molecule has 5 rings (SSSR count). The van der Waals surface area contributed by atoms with E-state index in [1.165, 1.54) is 11.0 Å². The van der Waals surface area contributed by atoms with Crippen molar-refractivity contribution < 1.29 is 0 Å². The molecule has 1 fully saturated rings. The molecule has 0 spiro atoms. The highest BCUT2D eigenvalue weighted by molar-refractivity contribution is 5.91. The first kappa shape index (κ1) is 17.8. The van der Waals surface area contributed by atoms with Crippen LogP contribution in [-0.2, 0) is 6.42 Å². The number of H-pyrrole nitrogens is 1. The van der Waals surface area contributed by atoms with Crippen molar-refractivity contribution >= 4 is 21.8 Å². The summed E-state index contributed by atoms with van der Waals surface area (Å²) in [6, 6.07) is 5.53. The Kier molecular flexibility index (Phi) is 4.26. The summed E-state index contributed by atoms with van der Waals surface area (Å²) in [7, 11) is 0. The van der Waals surface area contributed by atoms with Crippen LogP contribution in [-0.4, -0.2) is 29.3 Å². The van der Waals surface area contributed by atoms with E-state index < -0.39 is 0 Å². The summed E-state index contributed by atoms with van der Waals surface area (Å²) in [6.45, 7) is 1.96. The zero-order valence-corrected chi connectivity index (χ0v) is 16.3. The van der Waals surface area contributed by atoms with Crippen molar-refractivity contribution in [2.24, 2.45) is 0 Å². The molecule has 1 aliphatic rings. The molecule has 29 heavy (non-hydrogen) atoms. The van der Waals surface area contributed by atoms with Crippen LogP contribution in [0, 0.1) is 0 Å². The van der Waals surface area contributed by atoms with Crippen molar-refractivity contribution in [3.63, 3.8) is 0 Å². The van der Waals surface area contributed by atoms with Gasteiger partial charge in [0, 0.05) is 24.9 Å². The Balaban J connectivity index is 1.69. The average Bonchev–Trinajstić information content (AvgIpc) is 3.23. The van der Waals surface area contributed by atoms with Gasteiger partial charge >= 0.3 is 0 Å². The summed E-state index contributed by atoms with van der Waals surface area (Å²) in [6.07, 6.45) is 9.72. The lowest BCUT2D eigenvalue weighted by atomic mass is 9.95. The monoisotopic (exact) mass is 390 g/mol. The van der Waals surface area contributed by atoms with Crippen molar-refractivity contribution in [2.75, 3.05) is 0 Å². The maximum absolute atomic E-state index is 13.2. The zero-order valence-electron chi connectivity index (χ0n) is 16.3. The van der Waals surface area contributed by atoms with E-state index in [2.05, 4.69) is 20.2 Å². The van der Waals surface area contributed by atoms with Crippen molar-refractivity contribution in [2.45, 2.75) is 51.5 Å². The van der Waals surface area contributed by atoms with Gasteiger partial charge < -0.3 is 4.57 Å². The van der Waals surface area contributed by atoms with Gasteiger partial charge in [0.15, 0.2) is 0 Å². The number of aromatic amines is 1. The number of hydrogen-bond donors (Lipinski definition) is 1. The molecule has 1 N–H and O–H groups in total. The molecular weight excluding hydrogens is 368 g/mol. The number of nitrogens with zero attached hydrogens (tertiary/aromatic N) is 5. The van der Waals surface area contributed by atoms with Crippen LogP contribution in [0.3, 0.4) is 0 Å². The Morgan fingerprint density at radius 2 is 1.72 bits per heavy atom. The molecule has 8 heteroatoms. The maximum atomic E-state index is 13.2. The molecule has 0 unspecified atom stereocenters. The lowest BCUT2D eigenvalue weighted by Gasteiger charge is -2.24. The standard InChI is InChI=1S/C21H22N6O2/c1-2-18-23-21(25-24-18)27-11-9-17-15(20(27)29)12-14-16(22-17)8-10-26(19(14)28)13-6-4-3-5-7-13/h8-13H,2-7H2,1H3,(H,23,24,25). The fraction of sp³-hybridized carbons (Fsp3) is 0.381. The summed E-state index contributed by atoms with van der Waals surface area (Å²) in [4.78, 5) is 35.2. The van der Waals surface area contributed by atoms with Crippen LogP contribution >= 0.6 is 0 Å². The second kappa shape index (κ2) is 6.95. The Labute approximate surface area is 166 Å². The molecule has 4 aromatic rings. The molecule has 0 atom stereocenters. The second-order valence-electron chi connectivity index (χ2n) is 7.60. The highest BCUT2D eigenvalue weighted by Crippen LogP contribution is 2.27. The average molecular weight is 390 g/mol. The van der Waals surface area contributed by atoms with Gasteiger partial charge in [-0.15, -0.1) is 5.10 Å². The lowest BCUT2D eigenvalue weighted by Crippen LogP contribution is -2.26. The van der Waals surface area contributed by atoms with Crippen molar-refractivity contribution in [1.29, 1.82) is 0 Å². The third kappa shape index (κ3) is 2.95. The highest BCUT2D eigenvalue weighted by atomic mass is 16.1. The molecule has 148 valence electrons. The van der Waals surface area contributed by atoms with Crippen LogP contribution in [0.5, 0.6) is 0 Å². The molecule has 0 saturated heterocycles. The second-order valence-corrected chi connectivity index (χ2v) is 7.60. The van der Waals surface area contributed by atoms with Crippen LogP contribution < -0.4 is 11.1 Å². The lowest BCUT2D eigenvalue weighted by molar-refractivity contribution is 0.347. The normalized spacial score (nSPS) is 15.3. The number of fused-ring (bicyclic) bond motifs is 2. The molecule has 4 heterocycles. The Morgan fingerprint density at radius 3 is 2.45 bits per heavy atom. The van der Waals surface area contributed by atoms with Gasteiger partial charge in [-0.3, -0.25) is 14.7 Å². The summed E-state index contributed by atoms with van der Waals surface area (Å²) in [5.74, 6) is 1.00. The van der Waals surface area contributed by atoms with Gasteiger partial charge in [0.1, 0.15) is 5.82 Å². The van der Waals surface area contributed by atoms with E-state index in [4.69, 9.17) is 0 Å². The molecule has 0 aromatic carbocycles. The van der Waals surface area contributed by atoms with Gasteiger partial charge in [0.2, 0.25) is 0 Å². The minimum atomic E-state index is -0.286. The van der Waals surface area contributed by atoms with E-state index in [0.717, 1.165) is 25.7 Å². The first-order valence-electron chi connectivity index (χ1n) is 10.1. The van der Waals surface area contributed by atoms with Crippen molar-refractivity contribution in [1.82, 2.24) is 29.3 Å². The summed E-state index contributed by atoms with van der Waals surface area (Å²) in [5.41, 5.74) is 0.800. The van der Waals surface area contributed by atoms with Crippen LogP contribution in [0.15, 0.2) is 40.2 Å². The van der Waals surface area contributed by atoms with Crippen molar-refractivity contribution in [3.05, 3.63) is 57.1 Å². The quantitative estimate of drug-likeness (QED) is 0.542. The minimum absolute atomic E-state index is 0.0789. The number of pyridine rings is 3. The van der Waals surface area contributed by atoms with Gasteiger partial charge in [0.05, 0.1) is 21.8 Å². The predicted octanol–water partition coefficient (Wildman–Crippen LogP) is 2.89. The van der Waals surface area contributed by atoms with E-state index in [-0.39, 0.29) is 17.2 Å². The Morgan fingerprint density at radius 1 is 1.00 bits per heavy atom. The van der Waals surface area contributed by atoms with Crippen LogP contribution in [0.4, 0.5) is 0 Å². The number of aryl methyl sites for hydroxylation is 1. The third-order valence-electron chi connectivity index (χ3n) is 5.81. The van der Waals surface area contributed by atoms with Gasteiger partial charge in [-0.05, 0) is 31.0 Å². The number of hydrogen-bond acceptors (Lipinski definition) is 5. The Bertz CT molecular complexity index is 1330. The molecule has 1 aliphatic carbocycles. The van der Waals surface area contributed by atoms with Gasteiger partial charge in [0.25, 0.3) is 17.1 Å². The molecule has 4 aromatic heterocycles. The molecular formula is C21H22N6O2. The first-order chi connectivity index (χ1) is 14.2. The van der Waals surface area contributed by atoms with E-state index in [1.807, 2.05) is 23.8 Å². The van der Waals surface area contributed by atoms with E-state index in [9.17, 15) is 9.59 Å². The van der Waals surface area contributed by atoms with E-state index in [1.54, 1.807) is 18.3 Å². The van der Waals surface area contributed by atoms with Crippen LogP contribution in [0.25, 0.3) is 27.8 Å². The molecule has 0 radical (unpaired) electrons. The molecule has 0 bridgehead atoms. The topological polar surface area (TPSA) is 98.5 Å². The van der Waals surface area contributed by atoms with Crippen molar-refractivity contribution in [3.8, 4) is 5.95 Å². The van der Waals surface area contributed by atoms with Gasteiger partial charge in [-0.1, -0.05) is 26.2 Å².